The lowest BCUT2D eigenvalue weighted by atomic mass is 10.2. The van der Waals surface area contributed by atoms with Gasteiger partial charge in [0.2, 0.25) is 0 Å². The molecule has 0 unspecified atom stereocenters. The first-order chi connectivity index (χ1) is 8.20. The first kappa shape index (κ1) is 11.9. The van der Waals surface area contributed by atoms with Crippen molar-refractivity contribution in [2.45, 2.75) is 25.5 Å². The number of amides is 1. The van der Waals surface area contributed by atoms with Crippen LogP contribution in [0.3, 0.4) is 0 Å². The molecule has 1 aliphatic carbocycles. The summed E-state index contributed by atoms with van der Waals surface area (Å²) in [6.45, 7) is -0.554. The molecule has 0 bridgehead atoms. The molecule has 5 heteroatoms. The SMILES string of the molecule is O=C(COc1c(F)cccc1CO)NC1CC1. The normalized spacial score (nSPS) is 14.5. The second kappa shape index (κ2) is 5.14. The van der Waals surface area contributed by atoms with Crippen molar-refractivity contribution in [3.63, 3.8) is 0 Å². The maximum atomic E-state index is 13.4. The van der Waals surface area contributed by atoms with Gasteiger partial charge in [-0.05, 0) is 18.9 Å². The maximum Gasteiger partial charge on any atom is 0.258 e. The van der Waals surface area contributed by atoms with Crippen molar-refractivity contribution in [2.24, 2.45) is 0 Å². The van der Waals surface area contributed by atoms with Crippen molar-refractivity contribution >= 4 is 5.91 Å². The van der Waals surface area contributed by atoms with Gasteiger partial charge in [0.25, 0.3) is 5.91 Å². The Balaban J connectivity index is 1.94. The standard InChI is InChI=1S/C12H14FNO3/c13-10-3-1-2-8(6-15)12(10)17-7-11(16)14-9-4-5-9/h1-3,9,15H,4-7H2,(H,14,16). The van der Waals surface area contributed by atoms with Crippen LogP contribution in [0.2, 0.25) is 0 Å². The number of aliphatic hydroxyl groups is 1. The van der Waals surface area contributed by atoms with Gasteiger partial charge in [0.1, 0.15) is 0 Å². The fourth-order valence-electron chi connectivity index (χ4n) is 1.47. The molecule has 1 aromatic rings. The van der Waals surface area contributed by atoms with Gasteiger partial charge in [0.05, 0.1) is 6.61 Å². The highest BCUT2D eigenvalue weighted by molar-refractivity contribution is 5.78. The molecule has 2 N–H and O–H groups in total. The predicted octanol–water partition coefficient (Wildman–Crippen LogP) is 0.975. The first-order valence-electron chi connectivity index (χ1n) is 5.51. The zero-order chi connectivity index (χ0) is 12.3. The molecular weight excluding hydrogens is 225 g/mol. The number of nitrogens with one attached hydrogen (secondary N) is 1. The summed E-state index contributed by atoms with van der Waals surface area (Å²) < 4.78 is 18.5. The van der Waals surface area contributed by atoms with E-state index in [-0.39, 0.29) is 30.9 Å². The van der Waals surface area contributed by atoms with E-state index < -0.39 is 5.82 Å². The third-order valence-electron chi connectivity index (χ3n) is 2.51. The van der Waals surface area contributed by atoms with Crippen LogP contribution in [0.4, 0.5) is 4.39 Å². The Hall–Kier alpha value is -1.62. The van der Waals surface area contributed by atoms with Crippen LogP contribution in [0.1, 0.15) is 18.4 Å². The highest BCUT2D eigenvalue weighted by atomic mass is 19.1. The quantitative estimate of drug-likeness (QED) is 0.805. The van der Waals surface area contributed by atoms with E-state index in [9.17, 15) is 9.18 Å². The van der Waals surface area contributed by atoms with Gasteiger partial charge in [-0.3, -0.25) is 4.79 Å². The lowest BCUT2D eigenvalue weighted by Crippen LogP contribution is -2.30. The second-order valence-corrected chi connectivity index (χ2v) is 4.02. The van der Waals surface area contributed by atoms with Gasteiger partial charge in [-0.2, -0.15) is 0 Å². The van der Waals surface area contributed by atoms with E-state index in [0.29, 0.717) is 5.56 Å². The minimum Gasteiger partial charge on any atom is -0.480 e. The average Bonchev–Trinajstić information content (AvgIpc) is 3.11. The zero-order valence-corrected chi connectivity index (χ0v) is 9.28. The first-order valence-corrected chi connectivity index (χ1v) is 5.51. The smallest absolute Gasteiger partial charge is 0.258 e. The molecule has 0 aliphatic heterocycles. The summed E-state index contributed by atoms with van der Waals surface area (Å²) in [6.07, 6.45) is 1.99. The van der Waals surface area contributed by atoms with Crippen LogP contribution < -0.4 is 10.1 Å². The third kappa shape index (κ3) is 3.17. The number of rotatable bonds is 5. The van der Waals surface area contributed by atoms with E-state index in [0.717, 1.165) is 12.8 Å². The number of benzene rings is 1. The van der Waals surface area contributed by atoms with Crippen molar-refractivity contribution in [1.82, 2.24) is 5.32 Å². The summed E-state index contributed by atoms with van der Waals surface area (Å²) in [6, 6.07) is 4.52. The van der Waals surface area contributed by atoms with E-state index >= 15 is 0 Å². The summed E-state index contributed by atoms with van der Waals surface area (Å²) in [5, 5.41) is 11.7. The largest absolute Gasteiger partial charge is 0.480 e. The molecule has 2 rings (SSSR count). The minimum atomic E-state index is -0.573. The van der Waals surface area contributed by atoms with Crippen molar-refractivity contribution in [3.05, 3.63) is 29.6 Å². The molecule has 4 nitrogen and oxygen atoms in total. The van der Waals surface area contributed by atoms with Crippen LogP contribution in [0.15, 0.2) is 18.2 Å². The van der Waals surface area contributed by atoms with E-state index in [2.05, 4.69) is 5.32 Å². The number of hydrogen-bond acceptors (Lipinski definition) is 3. The number of ether oxygens (including phenoxy) is 1. The molecule has 1 saturated carbocycles. The fourth-order valence-corrected chi connectivity index (χ4v) is 1.47. The van der Waals surface area contributed by atoms with Crippen LogP contribution in [-0.2, 0) is 11.4 Å². The highest BCUT2D eigenvalue weighted by Gasteiger charge is 2.23. The Labute approximate surface area is 98.4 Å². The summed E-state index contributed by atoms with van der Waals surface area (Å²) in [5.41, 5.74) is 0.337. The topological polar surface area (TPSA) is 58.6 Å². The van der Waals surface area contributed by atoms with Gasteiger partial charge in [-0.15, -0.1) is 0 Å². The maximum absolute atomic E-state index is 13.4. The van der Waals surface area contributed by atoms with Gasteiger partial charge in [-0.25, -0.2) is 4.39 Å². The van der Waals surface area contributed by atoms with Crippen LogP contribution >= 0.6 is 0 Å². The average molecular weight is 239 g/mol. The molecule has 1 aliphatic rings. The van der Waals surface area contributed by atoms with Crippen molar-refractivity contribution in [1.29, 1.82) is 0 Å². The van der Waals surface area contributed by atoms with Crippen LogP contribution in [0, 0.1) is 5.82 Å². The van der Waals surface area contributed by atoms with Gasteiger partial charge >= 0.3 is 0 Å². The molecule has 0 aromatic heterocycles. The summed E-state index contributed by atoms with van der Waals surface area (Å²) in [4.78, 5) is 11.4. The minimum absolute atomic E-state index is 0.0547. The van der Waals surface area contributed by atoms with Gasteiger partial charge in [0.15, 0.2) is 18.2 Å². The molecule has 1 aromatic carbocycles. The van der Waals surface area contributed by atoms with Gasteiger partial charge < -0.3 is 15.2 Å². The van der Waals surface area contributed by atoms with E-state index in [1.165, 1.54) is 12.1 Å². The number of para-hydroxylation sites is 1. The van der Waals surface area contributed by atoms with Crippen LogP contribution in [0.25, 0.3) is 0 Å². The molecule has 0 saturated heterocycles. The van der Waals surface area contributed by atoms with Crippen LogP contribution in [0.5, 0.6) is 5.75 Å². The second-order valence-electron chi connectivity index (χ2n) is 4.02. The number of aliphatic hydroxyl groups excluding tert-OH is 1. The Bertz CT molecular complexity index is 418. The molecule has 0 atom stereocenters. The van der Waals surface area contributed by atoms with Crippen molar-refractivity contribution in [2.75, 3.05) is 6.61 Å². The molecular formula is C12H14FNO3. The molecule has 0 radical (unpaired) electrons. The zero-order valence-electron chi connectivity index (χ0n) is 9.28. The predicted molar refractivity (Wildman–Crippen MR) is 59.0 cm³/mol. The lowest BCUT2D eigenvalue weighted by molar-refractivity contribution is -0.123. The van der Waals surface area contributed by atoms with E-state index in [1.807, 2.05) is 0 Å². The summed E-state index contributed by atoms with van der Waals surface area (Å²) >= 11 is 0. The van der Waals surface area contributed by atoms with Crippen molar-refractivity contribution < 1.29 is 19.0 Å². The number of halogens is 1. The number of carbonyl (C=O) groups is 1. The number of hydrogen-bond donors (Lipinski definition) is 2. The number of carbonyl (C=O) groups excluding carboxylic acids is 1. The third-order valence-corrected chi connectivity index (χ3v) is 2.51. The van der Waals surface area contributed by atoms with E-state index in [4.69, 9.17) is 9.84 Å². The van der Waals surface area contributed by atoms with Crippen molar-refractivity contribution in [3.8, 4) is 5.75 Å². The summed E-state index contributed by atoms with van der Waals surface area (Å²) in [5.74, 6) is -0.892. The molecule has 0 heterocycles. The molecule has 1 fully saturated rings. The molecule has 0 spiro atoms. The highest BCUT2D eigenvalue weighted by Crippen LogP contribution is 2.23. The Morgan fingerprint density at radius 2 is 2.29 bits per heavy atom. The Morgan fingerprint density at radius 1 is 1.53 bits per heavy atom. The lowest BCUT2D eigenvalue weighted by Gasteiger charge is -2.10. The Kier molecular flexibility index (Phi) is 3.58. The molecule has 92 valence electrons. The summed E-state index contributed by atoms with van der Waals surface area (Å²) in [7, 11) is 0. The monoisotopic (exact) mass is 239 g/mol. The van der Waals surface area contributed by atoms with Crippen LogP contribution in [-0.4, -0.2) is 23.7 Å². The van der Waals surface area contributed by atoms with Gasteiger partial charge in [0, 0.05) is 11.6 Å². The van der Waals surface area contributed by atoms with E-state index in [1.54, 1.807) is 6.07 Å². The Morgan fingerprint density at radius 3 is 2.94 bits per heavy atom. The van der Waals surface area contributed by atoms with Gasteiger partial charge in [-0.1, -0.05) is 12.1 Å². The molecule has 1 amide bonds. The molecule has 17 heavy (non-hydrogen) atoms. The fraction of sp³-hybridized carbons (Fsp3) is 0.417.